The SMILES string of the molecule is O=S(=O)(Nc1ccccc1C#Cc1ccc(CO)cc1)c1ccc2cc(Cl)ccc2c1. The number of hydrogen-bond donors (Lipinski definition) is 2. The van der Waals surface area contributed by atoms with Crippen LogP contribution in [0.15, 0.2) is 89.8 Å². The van der Waals surface area contributed by atoms with Gasteiger partial charge in [-0.3, -0.25) is 4.72 Å². The molecule has 4 aromatic rings. The van der Waals surface area contributed by atoms with Crippen molar-refractivity contribution in [1.29, 1.82) is 0 Å². The van der Waals surface area contributed by atoms with Crippen LogP contribution in [0.5, 0.6) is 0 Å². The van der Waals surface area contributed by atoms with E-state index in [1.54, 1.807) is 72.8 Å². The Morgan fingerprint density at radius 2 is 1.55 bits per heavy atom. The molecular weight excluding hydrogens is 430 g/mol. The molecule has 0 saturated carbocycles. The lowest BCUT2D eigenvalue weighted by Gasteiger charge is -2.11. The third kappa shape index (κ3) is 4.89. The van der Waals surface area contributed by atoms with E-state index in [-0.39, 0.29) is 11.5 Å². The molecular formula is C25H18ClNO3S. The number of aliphatic hydroxyl groups excluding tert-OH is 1. The number of anilines is 1. The fraction of sp³-hybridized carbons (Fsp3) is 0.0400. The fourth-order valence-corrected chi connectivity index (χ4v) is 4.37. The molecule has 0 fully saturated rings. The van der Waals surface area contributed by atoms with E-state index < -0.39 is 10.0 Å². The Morgan fingerprint density at radius 1 is 0.839 bits per heavy atom. The Bertz CT molecular complexity index is 1420. The summed E-state index contributed by atoms with van der Waals surface area (Å²) in [5.41, 5.74) is 2.53. The van der Waals surface area contributed by atoms with E-state index in [1.807, 2.05) is 12.1 Å². The molecule has 0 unspecified atom stereocenters. The summed E-state index contributed by atoms with van der Waals surface area (Å²) in [6, 6.07) is 24.4. The summed E-state index contributed by atoms with van der Waals surface area (Å²) in [7, 11) is -3.81. The zero-order valence-electron chi connectivity index (χ0n) is 16.3. The van der Waals surface area contributed by atoms with Gasteiger partial charge >= 0.3 is 0 Å². The van der Waals surface area contributed by atoms with E-state index in [0.717, 1.165) is 21.9 Å². The zero-order chi connectivity index (χ0) is 21.8. The lowest BCUT2D eigenvalue weighted by molar-refractivity contribution is 0.282. The zero-order valence-corrected chi connectivity index (χ0v) is 17.9. The lowest BCUT2D eigenvalue weighted by atomic mass is 10.1. The van der Waals surface area contributed by atoms with Gasteiger partial charge in [0.2, 0.25) is 0 Å². The molecule has 4 aromatic carbocycles. The number of benzene rings is 4. The first-order valence-electron chi connectivity index (χ1n) is 9.48. The third-order valence-electron chi connectivity index (χ3n) is 4.73. The minimum Gasteiger partial charge on any atom is -0.392 e. The molecule has 2 N–H and O–H groups in total. The molecule has 0 atom stereocenters. The van der Waals surface area contributed by atoms with Crippen LogP contribution in [0.25, 0.3) is 10.8 Å². The van der Waals surface area contributed by atoms with Gasteiger partial charge in [-0.2, -0.15) is 0 Å². The lowest BCUT2D eigenvalue weighted by Crippen LogP contribution is -2.13. The number of hydrogen-bond acceptors (Lipinski definition) is 3. The highest BCUT2D eigenvalue weighted by atomic mass is 35.5. The van der Waals surface area contributed by atoms with Gasteiger partial charge in [-0.1, -0.05) is 59.8 Å². The third-order valence-corrected chi connectivity index (χ3v) is 6.33. The van der Waals surface area contributed by atoms with Gasteiger partial charge in [0.15, 0.2) is 0 Å². The Morgan fingerprint density at radius 3 is 2.32 bits per heavy atom. The van der Waals surface area contributed by atoms with Crippen LogP contribution in [-0.4, -0.2) is 13.5 Å². The number of aliphatic hydroxyl groups is 1. The average molecular weight is 448 g/mol. The van der Waals surface area contributed by atoms with Crippen LogP contribution in [0.4, 0.5) is 5.69 Å². The Labute approximate surface area is 186 Å². The van der Waals surface area contributed by atoms with Gasteiger partial charge in [0, 0.05) is 16.1 Å². The molecule has 0 heterocycles. The van der Waals surface area contributed by atoms with Gasteiger partial charge in [-0.05, 0) is 64.9 Å². The highest BCUT2D eigenvalue weighted by molar-refractivity contribution is 7.92. The quantitative estimate of drug-likeness (QED) is 0.423. The second kappa shape index (κ2) is 8.83. The van der Waals surface area contributed by atoms with E-state index in [1.165, 1.54) is 0 Å². The van der Waals surface area contributed by atoms with E-state index in [2.05, 4.69) is 16.6 Å². The van der Waals surface area contributed by atoms with Crippen LogP contribution < -0.4 is 4.72 Å². The summed E-state index contributed by atoms with van der Waals surface area (Å²) in [4.78, 5) is 0.157. The largest absolute Gasteiger partial charge is 0.392 e. The summed E-state index contributed by atoms with van der Waals surface area (Å²) in [6.07, 6.45) is 0. The molecule has 0 aliphatic carbocycles. The van der Waals surface area contributed by atoms with Crippen LogP contribution in [-0.2, 0) is 16.6 Å². The average Bonchev–Trinajstić information content (AvgIpc) is 2.78. The van der Waals surface area contributed by atoms with E-state index >= 15 is 0 Å². The van der Waals surface area contributed by atoms with E-state index in [4.69, 9.17) is 16.7 Å². The van der Waals surface area contributed by atoms with Crippen molar-refractivity contribution in [3.05, 3.63) is 107 Å². The van der Waals surface area contributed by atoms with Crippen molar-refractivity contribution >= 4 is 38.1 Å². The smallest absolute Gasteiger partial charge is 0.261 e. The van der Waals surface area contributed by atoms with Gasteiger partial charge in [-0.25, -0.2) is 8.42 Å². The standard InChI is InChI=1S/C25H18ClNO3S/c26-23-13-11-22-16-24(14-12-21(22)15-23)31(29,30)27-25-4-2-1-3-20(25)10-9-18-5-7-19(17-28)8-6-18/h1-8,11-16,27-28H,17H2. The van der Waals surface area contributed by atoms with Crippen molar-refractivity contribution in [3.8, 4) is 11.8 Å². The van der Waals surface area contributed by atoms with Gasteiger partial charge in [0.05, 0.1) is 17.2 Å². The molecule has 4 rings (SSSR count). The molecule has 0 spiro atoms. The Kier molecular flexibility index (Phi) is 5.97. The minimum atomic E-state index is -3.81. The first kappa shape index (κ1) is 21.0. The predicted molar refractivity (Wildman–Crippen MR) is 125 cm³/mol. The van der Waals surface area contributed by atoms with Crippen LogP contribution in [0.3, 0.4) is 0 Å². The summed E-state index contributed by atoms with van der Waals surface area (Å²) in [5, 5.41) is 11.4. The van der Waals surface area contributed by atoms with Gasteiger partial charge in [-0.15, -0.1) is 0 Å². The Hall–Kier alpha value is -3.30. The predicted octanol–water partition coefficient (Wildman–Crippen LogP) is 5.19. The second-order valence-electron chi connectivity index (χ2n) is 6.91. The molecule has 6 heteroatoms. The monoisotopic (exact) mass is 447 g/mol. The summed E-state index contributed by atoms with van der Waals surface area (Å²) < 4.78 is 28.6. The maximum Gasteiger partial charge on any atom is 0.261 e. The number of halogens is 1. The normalized spacial score (nSPS) is 11.0. The molecule has 0 aliphatic heterocycles. The molecule has 0 bridgehead atoms. The molecule has 31 heavy (non-hydrogen) atoms. The first-order chi connectivity index (χ1) is 14.9. The van der Waals surface area contributed by atoms with Crippen molar-refractivity contribution in [1.82, 2.24) is 0 Å². The molecule has 0 aliphatic rings. The number of sulfonamides is 1. The van der Waals surface area contributed by atoms with Gasteiger partial charge < -0.3 is 5.11 Å². The van der Waals surface area contributed by atoms with Crippen LogP contribution in [0.2, 0.25) is 5.02 Å². The van der Waals surface area contributed by atoms with Crippen LogP contribution >= 0.6 is 11.6 Å². The second-order valence-corrected chi connectivity index (χ2v) is 9.03. The van der Waals surface area contributed by atoms with E-state index in [0.29, 0.717) is 16.3 Å². The molecule has 0 radical (unpaired) electrons. The highest BCUT2D eigenvalue weighted by Crippen LogP contribution is 2.25. The molecule has 4 nitrogen and oxygen atoms in total. The van der Waals surface area contributed by atoms with Crippen LogP contribution in [0, 0.1) is 11.8 Å². The number of rotatable bonds is 4. The summed E-state index contributed by atoms with van der Waals surface area (Å²) in [5.74, 6) is 6.05. The van der Waals surface area contributed by atoms with Crippen molar-refractivity contribution in [2.75, 3.05) is 4.72 Å². The maximum absolute atomic E-state index is 13.0. The molecule has 154 valence electrons. The molecule has 0 aromatic heterocycles. The Balaban J connectivity index is 1.64. The van der Waals surface area contributed by atoms with Gasteiger partial charge in [0.1, 0.15) is 0 Å². The summed E-state index contributed by atoms with van der Waals surface area (Å²) >= 11 is 6.01. The summed E-state index contributed by atoms with van der Waals surface area (Å²) in [6.45, 7) is -0.0276. The maximum atomic E-state index is 13.0. The van der Waals surface area contributed by atoms with E-state index in [9.17, 15) is 8.42 Å². The number of para-hydroxylation sites is 1. The molecule has 0 amide bonds. The first-order valence-corrected chi connectivity index (χ1v) is 11.3. The molecule has 0 saturated heterocycles. The fourth-order valence-electron chi connectivity index (χ4n) is 3.08. The number of nitrogens with one attached hydrogen (secondary N) is 1. The highest BCUT2D eigenvalue weighted by Gasteiger charge is 2.16. The van der Waals surface area contributed by atoms with Crippen molar-refractivity contribution in [2.24, 2.45) is 0 Å². The van der Waals surface area contributed by atoms with Crippen molar-refractivity contribution in [2.45, 2.75) is 11.5 Å². The van der Waals surface area contributed by atoms with Gasteiger partial charge in [0.25, 0.3) is 10.0 Å². The number of fused-ring (bicyclic) bond motifs is 1. The van der Waals surface area contributed by atoms with Crippen molar-refractivity contribution < 1.29 is 13.5 Å². The van der Waals surface area contributed by atoms with Crippen molar-refractivity contribution in [3.63, 3.8) is 0 Å². The topological polar surface area (TPSA) is 66.4 Å². The van der Waals surface area contributed by atoms with Crippen LogP contribution in [0.1, 0.15) is 16.7 Å². The minimum absolute atomic E-state index is 0.0276.